The smallest absolute Gasteiger partial charge is 0.274 e. The molecule has 0 bridgehead atoms. The Balaban J connectivity index is 1.68. The monoisotopic (exact) mass is 330 g/mol. The van der Waals surface area contributed by atoms with Gasteiger partial charge in [0.05, 0.1) is 0 Å². The topological polar surface area (TPSA) is 58.1 Å². The highest BCUT2D eigenvalue weighted by molar-refractivity contribution is 6.30. The Hall–Kier alpha value is -2.14. The number of nitrogens with zero attached hydrogens (tertiary/aromatic N) is 3. The second-order valence-corrected chi connectivity index (χ2v) is 6.37. The Kier molecular flexibility index (Phi) is 4.76. The van der Waals surface area contributed by atoms with Crippen molar-refractivity contribution < 1.29 is 4.79 Å². The summed E-state index contributed by atoms with van der Waals surface area (Å²) in [5.41, 5.74) is 1.21. The van der Waals surface area contributed by atoms with E-state index in [1.54, 1.807) is 24.3 Å². The molecule has 3 rings (SSSR count). The molecule has 2 aromatic rings. The third-order valence-electron chi connectivity index (χ3n) is 3.92. The summed E-state index contributed by atoms with van der Waals surface area (Å²) < 4.78 is 0. The molecule has 1 atom stereocenters. The Morgan fingerprint density at radius 2 is 2.17 bits per heavy atom. The fourth-order valence-corrected chi connectivity index (χ4v) is 2.95. The van der Waals surface area contributed by atoms with Gasteiger partial charge in [0.25, 0.3) is 5.91 Å². The standard InChI is InChI=1S/C17H19ClN4O/c1-12-4-3-9-22(11-12)17(23)15-7-8-16(21-20-15)19-14-6-2-5-13(18)10-14/h2,5-8,10,12H,3-4,9,11H2,1H3,(H,19,21). The molecule has 120 valence electrons. The predicted octanol–water partition coefficient (Wildman–Crippen LogP) is 3.75. The van der Waals surface area contributed by atoms with Gasteiger partial charge in [0.15, 0.2) is 11.5 Å². The number of hydrogen-bond donors (Lipinski definition) is 1. The minimum atomic E-state index is -0.0432. The summed E-state index contributed by atoms with van der Waals surface area (Å²) in [7, 11) is 0. The number of carbonyl (C=O) groups is 1. The molecular formula is C17H19ClN4O. The summed E-state index contributed by atoms with van der Waals surface area (Å²) in [4.78, 5) is 14.3. The highest BCUT2D eigenvalue weighted by Crippen LogP contribution is 2.20. The molecule has 1 saturated heterocycles. The number of nitrogens with one attached hydrogen (secondary N) is 1. The van der Waals surface area contributed by atoms with Crippen molar-refractivity contribution >= 4 is 29.0 Å². The van der Waals surface area contributed by atoms with Crippen LogP contribution in [0.4, 0.5) is 11.5 Å². The van der Waals surface area contributed by atoms with Gasteiger partial charge in [-0.3, -0.25) is 4.79 Å². The molecule has 1 amide bonds. The van der Waals surface area contributed by atoms with E-state index in [0.29, 0.717) is 22.5 Å². The molecule has 1 aliphatic rings. The minimum absolute atomic E-state index is 0.0432. The van der Waals surface area contributed by atoms with Gasteiger partial charge < -0.3 is 10.2 Å². The molecule has 1 aliphatic heterocycles. The normalized spacial score (nSPS) is 17.8. The number of hydrogen-bond acceptors (Lipinski definition) is 4. The maximum atomic E-state index is 12.4. The van der Waals surface area contributed by atoms with Crippen LogP contribution in [0.25, 0.3) is 0 Å². The molecule has 0 spiro atoms. The summed E-state index contributed by atoms with van der Waals surface area (Å²) in [5, 5.41) is 11.9. The Labute approximate surface area is 140 Å². The molecule has 1 unspecified atom stereocenters. The third kappa shape index (κ3) is 3.99. The number of likely N-dealkylation sites (tertiary alicyclic amines) is 1. The van der Waals surface area contributed by atoms with E-state index >= 15 is 0 Å². The first-order chi connectivity index (χ1) is 11.1. The molecule has 1 fully saturated rings. The molecule has 0 aliphatic carbocycles. The minimum Gasteiger partial charge on any atom is -0.339 e. The molecule has 2 heterocycles. The van der Waals surface area contributed by atoms with Gasteiger partial charge in [-0.15, -0.1) is 10.2 Å². The highest BCUT2D eigenvalue weighted by atomic mass is 35.5. The molecule has 1 aromatic carbocycles. The van der Waals surface area contributed by atoms with Gasteiger partial charge in [0.2, 0.25) is 0 Å². The zero-order valence-corrected chi connectivity index (χ0v) is 13.8. The van der Waals surface area contributed by atoms with Gasteiger partial charge in [-0.1, -0.05) is 24.6 Å². The van der Waals surface area contributed by atoms with Crippen LogP contribution in [0.15, 0.2) is 36.4 Å². The van der Waals surface area contributed by atoms with Gasteiger partial charge in [-0.2, -0.15) is 0 Å². The molecule has 5 nitrogen and oxygen atoms in total. The summed E-state index contributed by atoms with van der Waals surface area (Å²) >= 11 is 5.95. The lowest BCUT2D eigenvalue weighted by atomic mass is 10.00. The first kappa shape index (κ1) is 15.7. The van der Waals surface area contributed by atoms with Crippen molar-refractivity contribution in [2.45, 2.75) is 19.8 Å². The van der Waals surface area contributed by atoms with Crippen molar-refractivity contribution in [2.75, 3.05) is 18.4 Å². The maximum Gasteiger partial charge on any atom is 0.274 e. The molecule has 0 saturated carbocycles. The van der Waals surface area contributed by atoms with Gasteiger partial charge in [-0.25, -0.2) is 0 Å². The van der Waals surface area contributed by atoms with Crippen molar-refractivity contribution in [3.63, 3.8) is 0 Å². The Bertz CT molecular complexity index is 689. The fourth-order valence-electron chi connectivity index (χ4n) is 2.76. The van der Waals surface area contributed by atoms with E-state index in [-0.39, 0.29) is 5.91 Å². The van der Waals surface area contributed by atoms with Crippen LogP contribution in [0.5, 0.6) is 0 Å². The SMILES string of the molecule is CC1CCCN(C(=O)c2ccc(Nc3cccc(Cl)c3)nn2)C1. The van der Waals surface area contributed by atoms with Crippen molar-refractivity contribution in [1.29, 1.82) is 0 Å². The van der Waals surface area contributed by atoms with Gasteiger partial charge >= 0.3 is 0 Å². The summed E-state index contributed by atoms with van der Waals surface area (Å²) in [6, 6.07) is 10.8. The number of piperidine rings is 1. The Morgan fingerprint density at radius 1 is 1.30 bits per heavy atom. The van der Waals surface area contributed by atoms with Crippen molar-refractivity contribution in [2.24, 2.45) is 5.92 Å². The first-order valence-electron chi connectivity index (χ1n) is 7.77. The van der Waals surface area contributed by atoms with Crippen LogP contribution in [0, 0.1) is 5.92 Å². The summed E-state index contributed by atoms with van der Waals surface area (Å²) in [6.07, 6.45) is 2.23. The first-order valence-corrected chi connectivity index (χ1v) is 8.15. The fraction of sp³-hybridized carbons (Fsp3) is 0.353. The summed E-state index contributed by atoms with van der Waals surface area (Å²) in [6.45, 7) is 3.76. The molecular weight excluding hydrogens is 312 g/mol. The van der Waals surface area contributed by atoms with Crippen LogP contribution in [-0.2, 0) is 0 Å². The van der Waals surface area contributed by atoms with E-state index in [4.69, 9.17) is 11.6 Å². The largest absolute Gasteiger partial charge is 0.339 e. The average Bonchev–Trinajstić information content (AvgIpc) is 2.55. The zero-order valence-electron chi connectivity index (χ0n) is 13.0. The van der Waals surface area contributed by atoms with Crippen molar-refractivity contribution in [3.8, 4) is 0 Å². The van der Waals surface area contributed by atoms with Gasteiger partial charge in [-0.05, 0) is 49.1 Å². The molecule has 6 heteroatoms. The quantitative estimate of drug-likeness (QED) is 0.931. The predicted molar refractivity (Wildman–Crippen MR) is 91.1 cm³/mol. The van der Waals surface area contributed by atoms with Crippen LogP contribution >= 0.6 is 11.6 Å². The van der Waals surface area contributed by atoms with E-state index < -0.39 is 0 Å². The number of amides is 1. The van der Waals surface area contributed by atoms with Crippen LogP contribution in [0.1, 0.15) is 30.3 Å². The second kappa shape index (κ2) is 6.96. The number of rotatable bonds is 3. The van der Waals surface area contributed by atoms with E-state index in [2.05, 4.69) is 22.4 Å². The number of carbonyl (C=O) groups excluding carboxylic acids is 1. The number of benzene rings is 1. The van der Waals surface area contributed by atoms with Crippen molar-refractivity contribution in [1.82, 2.24) is 15.1 Å². The third-order valence-corrected chi connectivity index (χ3v) is 4.16. The van der Waals surface area contributed by atoms with Crippen LogP contribution in [0.2, 0.25) is 5.02 Å². The van der Waals surface area contributed by atoms with E-state index in [1.165, 1.54) is 6.42 Å². The molecule has 23 heavy (non-hydrogen) atoms. The molecule has 0 radical (unpaired) electrons. The van der Waals surface area contributed by atoms with E-state index in [1.807, 2.05) is 17.0 Å². The number of halogens is 1. The van der Waals surface area contributed by atoms with E-state index in [0.717, 1.165) is 25.2 Å². The Morgan fingerprint density at radius 3 is 2.87 bits per heavy atom. The average molecular weight is 331 g/mol. The van der Waals surface area contributed by atoms with Crippen molar-refractivity contribution in [3.05, 3.63) is 47.1 Å². The number of aromatic nitrogens is 2. The lowest BCUT2D eigenvalue weighted by molar-refractivity contribution is 0.0676. The van der Waals surface area contributed by atoms with Gasteiger partial charge in [0.1, 0.15) is 0 Å². The zero-order chi connectivity index (χ0) is 16.2. The molecule has 1 aromatic heterocycles. The summed E-state index contributed by atoms with van der Waals surface area (Å²) in [5.74, 6) is 1.08. The lowest BCUT2D eigenvalue weighted by Crippen LogP contribution is -2.39. The van der Waals surface area contributed by atoms with Crippen LogP contribution in [-0.4, -0.2) is 34.1 Å². The van der Waals surface area contributed by atoms with Crippen LogP contribution < -0.4 is 5.32 Å². The second-order valence-electron chi connectivity index (χ2n) is 5.94. The molecule has 1 N–H and O–H groups in total. The van der Waals surface area contributed by atoms with E-state index in [9.17, 15) is 4.79 Å². The highest BCUT2D eigenvalue weighted by Gasteiger charge is 2.23. The lowest BCUT2D eigenvalue weighted by Gasteiger charge is -2.30. The van der Waals surface area contributed by atoms with Crippen LogP contribution in [0.3, 0.4) is 0 Å². The number of anilines is 2. The maximum absolute atomic E-state index is 12.4. The van der Waals surface area contributed by atoms with Gasteiger partial charge in [0, 0.05) is 23.8 Å².